The van der Waals surface area contributed by atoms with Crippen LogP contribution in [0.3, 0.4) is 0 Å². The van der Waals surface area contributed by atoms with Crippen molar-refractivity contribution in [1.82, 2.24) is 9.97 Å². The Hall–Kier alpha value is -2.41. The first kappa shape index (κ1) is 14.0. The Morgan fingerprint density at radius 3 is 2.65 bits per heavy atom. The minimum absolute atomic E-state index is 0.367. The molecule has 6 nitrogen and oxygen atoms in total. The molecule has 2 aromatic rings. The van der Waals surface area contributed by atoms with Crippen molar-refractivity contribution in [2.24, 2.45) is 5.84 Å². The summed E-state index contributed by atoms with van der Waals surface area (Å²) in [7, 11) is 1.48. The van der Waals surface area contributed by atoms with Gasteiger partial charge in [0, 0.05) is 18.6 Å². The number of rotatable bonds is 5. The first-order valence-corrected chi connectivity index (χ1v) is 6.11. The molecule has 0 radical (unpaired) electrons. The van der Waals surface area contributed by atoms with Gasteiger partial charge in [-0.1, -0.05) is 6.92 Å². The van der Waals surface area contributed by atoms with E-state index in [-0.39, 0.29) is 5.82 Å². The Bertz CT molecular complexity index is 583. The molecule has 0 fully saturated rings. The Labute approximate surface area is 116 Å². The number of aromatic nitrogens is 2. The number of nitrogens with one attached hydrogen (secondary N) is 2. The first-order valence-electron chi connectivity index (χ1n) is 6.11. The molecule has 0 spiro atoms. The van der Waals surface area contributed by atoms with Gasteiger partial charge in [-0.15, -0.1) is 0 Å². The van der Waals surface area contributed by atoms with E-state index in [1.165, 1.54) is 19.2 Å². The quantitative estimate of drug-likeness (QED) is 0.574. The number of halogens is 1. The summed E-state index contributed by atoms with van der Waals surface area (Å²) in [4.78, 5) is 8.52. The van der Waals surface area contributed by atoms with Gasteiger partial charge in [0.1, 0.15) is 29.0 Å². The van der Waals surface area contributed by atoms with Gasteiger partial charge in [-0.25, -0.2) is 20.2 Å². The highest BCUT2D eigenvalue weighted by atomic mass is 19.1. The van der Waals surface area contributed by atoms with Crippen LogP contribution in [0.15, 0.2) is 24.3 Å². The lowest BCUT2D eigenvalue weighted by Crippen LogP contribution is -2.11. The summed E-state index contributed by atoms with van der Waals surface area (Å²) in [6, 6.07) is 5.88. The van der Waals surface area contributed by atoms with Crippen LogP contribution in [-0.4, -0.2) is 17.1 Å². The molecule has 106 valence electrons. The van der Waals surface area contributed by atoms with Crippen molar-refractivity contribution in [1.29, 1.82) is 0 Å². The minimum atomic E-state index is -0.367. The molecule has 0 bridgehead atoms. The molecule has 0 atom stereocenters. The summed E-state index contributed by atoms with van der Waals surface area (Å²) in [6.45, 7) is 1.94. The van der Waals surface area contributed by atoms with Crippen molar-refractivity contribution in [3.8, 4) is 5.75 Å². The molecule has 0 saturated heterocycles. The molecule has 1 aromatic heterocycles. The monoisotopic (exact) mass is 277 g/mol. The van der Waals surface area contributed by atoms with Gasteiger partial charge in [-0.05, 0) is 12.1 Å². The van der Waals surface area contributed by atoms with Gasteiger partial charge in [0.25, 0.3) is 0 Å². The number of hydrogen-bond donors (Lipinski definition) is 3. The molecule has 0 aliphatic rings. The lowest BCUT2D eigenvalue weighted by atomic mass is 10.2. The van der Waals surface area contributed by atoms with Crippen LogP contribution < -0.4 is 21.3 Å². The zero-order valence-electron chi connectivity index (χ0n) is 11.3. The fraction of sp³-hybridized carbons (Fsp3) is 0.231. The Morgan fingerprint density at radius 2 is 2.00 bits per heavy atom. The summed E-state index contributed by atoms with van der Waals surface area (Å²) in [5.41, 5.74) is 3.09. The number of aryl methyl sites for hydroxylation is 1. The SMILES string of the molecule is CCc1nc(NN)cc(Nc2ccc(F)cc2OC)n1. The van der Waals surface area contributed by atoms with Crippen molar-refractivity contribution in [2.75, 3.05) is 17.9 Å². The van der Waals surface area contributed by atoms with Crippen molar-refractivity contribution >= 4 is 17.3 Å². The third kappa shape index (κ3) is 3.12. The van der Waals surface area contributed by atoms with E-state index in [4.69, 9.17) is 10.6 Å². The predicted octanol–water partition coefficient (Wildman–Crippen LogP) is 2.22. The zero-order valence-corrected chi connectivity index (χ0v) is 11.3. The predicted molar refractivity (Wildman–Crippen MR) is 75.5 cm³/mol. The molecule has 0 amide bonds. The molecule has 1 aromatic carbocycles. The average Bonchev–Trinajstić information content (AvgIpc) is 2.48. The van der Waals surface area contributed by atoms with Crippen LogP contribution in [0.2, 0.25) is 0 Å². The summed E-state index contributed by atoms with van der Waals surface area (Å²) in [5, 5.41) is 3.06. The van der Waals surface area contributed by atoms with Gasteiger partial charge in [0.05, 0.1) is 12.8 Å². The van der Waals surface area contributed by atoms with Crippen LogP contribution in [0, 0.1) is 5.82 Å². The highest BCUT2D eigenvalue weighted by molar-refractivity contribution is 5.65. The summed E-state index contributed by atoms with van der Waals surface area (Å²) in [6.07, 6.45) is 0.671. The summed E-state index contributed by atoms with van der Waals surface area (Å²) in [5.74, 6) is 7.09. The van der Waals surface area contributed by atoms with Gasteiger partial charge in [0.15, 0.2) is 0 Å². The number of hydrogen-bond acceptors (Lipinski definition) is 6. The van der Waals surface area contributed by atoms with Crippen LogP contribution in [0.1, 0.15) is 12.7 Å². The van der Waals surface area contributed by atoms with Crippen molar-refractivity contribution in [3.05, 3.63) is 35.9 Å². The van der Waals surface area contributed by atoms with E-state index in [1.54, 1.807) is 12.1 Å². The van der Waals surface area contributed by atoms with E-state index in [1.807, 2.05) is 6.92 Å². The Kier molecular flexibility index (Phi) is 4.31. The Morgan fingerprint density at radius 1 is 1.25 bits per heavy atom. The average molecular weight is 277 g/mol. The van der Waals surface area contributed by atoms with Crippen LogP contribution >= 0.6 is 0 Å². The lowest BCUT2D eigenvalue weighted by molar-refractivity contribution is 0.413. The number of nitrogens with zero attached hydrogens (tertiary/aromatic N) is 2. The number of nitrogens with two attached hydrogens (primary N) is 1. The number of hydrazine groups is 1. The van der Waals surface area contributed by atoms with E-state index in [2.05, 4.69) is 20.7 Å². The topological polar surface area (TPSA) is 85.1 Å². The van der Waals surface area contributed by atoms with Crippen LogP contribution in [-0.2, 0) is 6.42 Å². The molecule has 0 aliphatic carbocycles. The van der Waals surface area contributed by atoms with Gasteiger partial charge in [-0.2, -0.15) is 0 Å². The summed E-state index contributed by atoms with van der Waals surface area (Å²) < 4.78 is 18.3. The van der Waals surface area contributed by atoms with Crippen LogP contribution in [0.4, 0.5) is 21.7 Å². The van der Waals surface area contributed by atoms with E-state index < -0.39 is 0 Å². The van der Waals surface area contributed by atoms with Gasteiger partial charge in [0.2, 0.25) is 0 Å². The Balaban J connectivity index is 2.34. The molecule has 0 saturated carbocycles. The first-order chi connectivity index (χ1) is 9.66. The normalized spacial score (nSPS) is 10.2. The smallest absolute Gasteiger partial charge is 0.145 e. The molecular formula is C13H16FN5O. The number of ether oxygens (including phenoxy) is 1. The maximum Gasteiger partial charge on any atom is 0.145 e. The van der Waals surface area contributed by atoms with Gasteiger partial charge < -0.3 is 15.5 Å². The standard InChI is InChI=1S/C13H16FN5O/c1-3-11-17-12(7-13(18-11)19-15)16-9-5-4-8(14)6-10(9)20-2/h4-7H,3,15H2,1-2H3,(H2,16,17,18,19). The maximum atomic E-state index is 13.2. The third-order valence-electron chi connectivity index (χ3n) is 2.66. The lowest BCUT2D eigenvalue weighted by Gasteiger charge is -2.12. The highest BCUT2D eigenvalue weighted by Crippen LogP contribution is 2.28. The van der Waals surface area contributed by atoms with E-state index in [0.717, 1.165) is 0 Å². The third-order valence-corrected chi connectivity index (χ3v) is 2.66. The van der Waals surface area contributed by atoms with E-state index in [9.17, 15) is 4.39 Å². The second kappa shape index (κ2) is 6.16. The van der Waals surface area contributed by atoms with E-state index in [0.29, 0.717) is 35.3 Å². The molecule has 0 aliphatic heterocycles. The molecule has 4 N–H and O–H groups in total. The van der Waals surface area contributed by atoms with Crippen molar-refractivity contribution in [3.63, 3.8) is 0 Å². The fourth-order valence-corrected chi connectivity index (χ4v) is 1.70. The molecule has 0 unspecified atom stereocenters. The van der Waals surface area contributed by atoms with Gasteiger partial charge >= 0.3 is 0 Å². The highest BCUT2D eigenvalue weighted by Gasteiger charge is 2.08. The van der Waals surface area contributed by atoms with Crippen LogP contribution in [0.25, 0.3) is 0 Å². The fourth-order valence-electron chi connectivity index (χ4n) is 1.70. The van der Waals surface area contributed by atoms with Crippen LogP contribution in [0.5, 0.6) is 5.75 Å². The summed E-state index contributed by atoms with van der Waals surface area (Å²) >= 11 is 0. The number of benzene rings is 1. The largest absolute Gasteiger partial charge is 0.494 e. The second-order valence-corrected chi connectivity index (χ2v) is 4.02. The molecule has 1 heterocycles. The molecular weight excluding hydrogens is 261 g/mol. The molecule has 20 heavy (non-hydrogen) atoms. The number of anilines is 3. The zero-order chi connectivity index (χ0) is 14.5. The second-order valence-electron chi connectivity index (χ2n) is 4.02. The minimum Gasteiger partial charge on any atom is -0.494 e. The van der Waals surface area contributed by atoms with Crippen molar-refractivity contribution < 1.29 is 9.13 Å². The van der Waals surface area contributed by atoms with Gasteiger partial charge in [-0.3, -0.25) is 0 Å². The van der Waals surface area contributed by atoms with E-state index >= 15 is 0 Å². The van der Waals surface area contributed by atoms with Crippen molar-refractivity contribution in [2.45, 2.75) is 13.3 Å². The number of methoxy groups -OCH3 is 1. The molecule has 7 heteroatoms. The maximum absolute atomic E-state index is 13.2. The molecule has 2 rings (SSSR count). The number of nitrogen functional groups attached to an aromatic ring is 1.